The molecule has 0 spiro atoms. The van der Waals surface area contributed by atoms with Gasteiger partial charge in [-0.25, -0.2) is 11.6 Å². The molecule has 0 saturated carbocycles. The van der Waals surface area contributed by atoms with Crippen LogP contribution in [-0.4, -0.2) is 11.1 Å². The van der Waals surface area contributed by atoms with E-state index < -0.39 is 0 Å². The second kappa shape index (κ2) is 1.49. The van der Waals surface area contributed by atoms with Gasteiger partial charge in [0.25, 0.3) is 0 Å². The Morgan fingerprint density at radius 3 is 2.33 bits per heavy atom. The Hall–Kier alpha value is 0.415. The summed E-state index contributed by atoms with van der Waals surface area (Å²) in [6.07, 6.45) is 1.37. The zero-order valence-electron chi connectivity index (χ0n) is 4.27. The molecule has 1 rings (SSSR count). The van der Waals surface area contributed by atoms with Crippen molar-refractivity contribution >= 4 is 17.6 Å². The van der Waals surface area contributed by atoms with Crippen molar-refractivity contribution in [1.82, 2.24) is 0 Å². The maximum absolute atomic E-state index is 2.29. The summed E-state index contributed by atoms with van der Waals surface area (Å²) >= 11 is 2.09. The molecule has 0 aromatic heterocycles. The van der Waals surface area contributed by atoms with Crippen LogP contribution >= 0.6 is 11.6 Å². The van der Waals surface area contributed by atoms with E-state index in [9.17, 15) is 0 Å². The average Bonchev–Trinajstić information content (AvgIpc) is 2.19. The fourth-order valence-corrected chi connectivity index (χ4v) is 1.50. The lowest BCUT2D eigenvalue weighted by Crippen LogP contribution is -1.87. The highest BCUT2D eigenvalue weighted by Crippen LogP contribution is 2.38. The molecule has 0 radical (unpaired) electrons. The van der Waals surface area contributed by atoms with E-state index in [0.717, 1.165) is 11.1 Å². The van der Waals surface area contributed by atoms with Crippen molar-refractivity contribution in [3.63, 3.8) is 0 Å². The summed E-state index contributed by atoms with van der Waals surface area (Å²) in [7, 11) is 0. The third kappa shape index (κ3) is 0.727. The summed E-state index contributed by atoms with van der Waals surface area (Å²) in [6.45, 7) is 4.54. The zero-order valence-corrected chi connectivity index (χ0v) is 5.09. The van der Waals surface area contributed by atoms with E-state index >= 15 is 0 Å². The van der Waals surface area contributed by atoms with Gasteiger partial charge in [0.2, 0.25) is 5.99 Å². The Labute approximate surface area is 43.7 Å². The minimum absolute atomic E-state index is 0.981. The van der Waals surface area contributed by atoms with Crippen LogP contribution in [0.3, 0.4) is 0 Å². The molecule has 0 aromatic carbocycles. The largest absolute Gasteiger partial charge is 0.220 e. The van der Waals surface area contributed by atoms with Gasteiger partial charge in [0.05, 0.1) is 0 Å². The van der Waals surface area contributed by atoms with Gasteiger partial charge in [0.1, 0.15) is 0 Å². The van der Waals surface area contributed by atoms with Gasteiger partial charge in [-0.2, -0.15) is 0 Å². The first-order valence-corrected chi connectivity index (χ1v) is 3.44. The fourth-order valence-electron chi connectivity index (χ4n) is 0.659. The number of hydrogen-bond acceptors (Lipinski definition) is 1. The molecule has 0 N–H and O–H groups in total. The smallest absolute Gasteiger partial charge is 0.213 e. The molecule has 2 heteroatoms. The van der Waals surface area contributed by atoms with Crippen molar-refractivity contribution in [2.24, 2.45) is 0 Å². The van der Waals surface area contributed by atoms with Gasteiger partial charge in [-0.1, -0.05) is 20.2 Å². The maximum Gasteiger partial charge on any atom is 0.220 e. The Bertz CT molecular complexity index is 53.5. The Morgan fingerprint density at radius 2 is 2.33 bits per heavy atom. The highest BCUT2D eigenvalue weighted by atomic mass is 32.2. The summed E-state index contributed by atoms with van der Waals surface area (Å²) in [5.74, 6) is 1.02. The highest BCUT2D eigenvalue weighted by Gasteiger charge is 2.35. The molecule has 1 aliphatic rings. The SMILES string of the molecule is CCB1SC1C. The second-order valence-corrected chi connectivity index (χ2v) is 3.41. The average molecular weight is 100.0 g/mol. The van der Waals surface area contributed by atoms with Gasteiger partial charge in [-0.3, -0.25) is 0 Å². The number of hydrogen-bond donors (Lipinski definition) is 0. The molecule has 0 amide bonds. The van der Waals surface area contributed by atoms with Crippen LogP contribution in [0, 0.1) is 0 Å². The summed E-state index contributed by atoms with van der Waals surface area (Å²) in [5, 5.41) is 0.981. The predicted molar refractivity (Wildman–Crippen MR) is 33.3 cm³/mol. The van der Waals surface area contributed by atoms with E-state index in [1.165, 1.54) is 6.32 Å². The Balaban J connectivity index is 2.09. The van der Waals surface area contributed by atoms with Crippen molar-refractivity contribution in [2.75, 3.05) is 0 Å². The quantitative estimate of drug-likeness (QED) is 0.356. The Kier molecular flexibility index (Phi) is 1.14. The normalized spacial score (nSPS) is 31.0. The van der Waals surface area contributed by atoms with E-state index in [4.69, 9.17) is 0 Å². The topological polar surface area (TPSA) is 0 Å². The van der Waals surface area contributed by atoms with Gasteiger partial charge in [0, 0.05) is 0 Å². The monoisotopic (exact) mass is 100 g/mol. The Morgan fingerprint density at radius 1 is 1.83 bits per heavy atom. The van der Waals surface area contributed by atoms with Crippen LogP contribution in [0.4, 0.5) is 0 Å². The van der Waals surface area contributed by atoms with Crippen LogP contribution < -0.4 is 0 Å². The molecule has 1 fully saturated rings. The lowest BCUT2D eigenvalue weighted by atomic mass is 9.72. The molecule has 0 aromatic rings. The molecule has 1 saturated heterocycles. The summed E-state index contributed by atoms with van der Waals surface area (Å²) in [4.78, 5) is 0. The molecule has 1 atom stereocenters. The van der Waals surface area contributed by atoms with Crippen LogP contribution in [-0.2, 0) is 0 Å². The van der Waals surface area contributed by atoms with Crippen LogP contribution in [0.2, 0.25) is 6.32 Å². The summed E-state index contributed by atoms with van der Waals surface area (Å²) in [5.41, 5.74) is 0. The highest BCUT2D eigenvalue weighted by molar-refractivity contribution is 8.39. The minimum atomic E-state index is 0.981. The van der Waals surface area contributed by atoms with Crippen molar-refractivity contribution in [1.29, 1.82) is 0 Å². The molecule has 1 aliphatic heterocycles. The van der Waals surface area contributed by atoms with E-state index in [0.29, 0.717) is 0 Å². The van der Waals surface area contributed by atoms with Crippen LogP contribution in [0.25, 0.3) is 0 Å². The third-order valence-corrected chi connectivity index (χ3v) is 2.77. The lowest BCUT2D eigenvalue weighted by molar-refractivity contribution is 1.36. The lowest BCUT2D eigenvalue weighted by Gasteiger charge is -1.70. The van der Waals surface area contributed by atoms with E-state index in [1.54, 1.807) is 0 Å². The van der Waals surface area contributed by atoms with Gasteiger partial charge in [0.15, 0.2) is 0 Å². The van der Waals surface area contributed by atoms with Crippen molar-refractivity contribution in [2.45, 2.75) is 25.3 Å². The zero-order chi connectivity index (χ0) is 4.57. The predicted octanol–water partition coefficient (Wildman–Crippen LogP) is 1.67. The molecule has 0 aliphatic carbocycles. The van der Waals surface area contributed by atoms with Crippen molar-refractivity contribution in [3.8, 4) is 0 Å². The molecule has 34 valence electrons. The van der Waals surface area contributed by atoms with E-state index in [-0.39, 0.29) is 0 Å². The molecular formula is C4H9BS. The number of rotatable bonds is 1. The first-order chi connectivity index (χ1) is 2.84. The summed E-state index contributed by atoms with van der Waals surface area (Å²) in [6, 6.07) is 0. The van der Waals surface area contributed by atoms with Gasteiger partial charge < -0.3 is 0 Å². The molecule has 0 nitrogen and oxygen atoms in total. The third-order valence-electron chi connectivity index (χ3n) is 1.24. The fraction of sp³-hybridized carbons (Fsp3) is 1.00. The van der Waals surface area contributed by atoms with Crippen molar-refractivity contribution < 1.29 is 0 Å². The van der Waals surface area contributed by atoms with Crippen LogP contribution in [0.15, 0.2) is 0 Å². The molecule has 0 bridgehead atoms. The standard InChI is InChI=1S/C4H9BS/c1-3-5-4(2)6-5/h4H,3H2,1-2H3. The molecule has 6 heavy (non-hydrogen) atoms. The maximum atomic E-state index is 2.29. The summed E-state index contributed by atoms with van der Waals surface area (Å²) < 4.78 is 0. The molecule has 1 unspecified atom stereocenters. The second-order valence-electron chi connectivity index (χ2n) is 1.79. The minimum Gasteiger partial charge on any atom is -0.213 e. The van der Waals surface area contributed by atoms with Gasteiger partial charge in [-0.05, 0) is 5.15 Å². The molecule has 1 heterocycles. The molecular weight excluding hydrogens is 90.9 g/mol. The van der Waals surface area contributed by atoms with E-state index in [2.05, 4.69) is 25.5 Å². The first-order valence-electron chi connectivity index (χ1n) is 2.50. The van der Waals surface area contributed by atoms with Gasteiger partial charge in [-0.15, -0.1) is 0 Å². The van der Waals surface area contributed by atoms with E-state index in [1.807, 2.05) is 0 Å². The van der Waals surface area contributed by atoms with Gasteiger partial charge >= 0.3 is 0 Å². The first kappa shape index (κ1) is 4.57. The van der Waals surface area contributed by atoms with Crippen LogP contribution in [0.5, 0.6) is 0 Å². The van der Waals surface area contributed by atoms with Crippen molar-refractivity contribution in [3.05, 3.63) is 0 Å². The van der Waals surface area contributed by atoms with Crippen LogP contribution in [0.1, 0.15) is 13.8 Å².